The highest BCUT2D eigenvalue weighted by molar-refractivity contribution is 5.79. The SMILES string of the molecule is CCCCC[C@H](C)Nc1ncc2c(C3CCNCC3)cc(C3CCC(=O)CC3)n2n1. The van der Waals surface area contributed by atoms with Crippen molar-refractivity contribution in [2.45, 2.75) is 95.9 Å². The number of anilines is 1. The van der Waals surface area contributed by atoms with Crippen LogP contribution in [0.5, 0.6) is 0 Å². The zero-order valence-electron chi connectivity index (χ0n) is 18.6. The summed E-state index contributed by atoms with van der Waals surface area (Å²) in [6.45, 7) is 6.60. The molecule has 1 saturated carbocycles. The first-order valence-corrected chi connectivity index (χ1v) is 12.0. The van der Waals surface area contributed by atoms with Crippen LogP contribution in [0, 0.1) is 0 Å². The minimum Gasteiger partial charge on any atom is -0.351 e. The first-order chi connectivity index (χ1) is 14.7. The van der Waals surface area contributed by atoms with Gasteiger partial charge in [-0.15, -0.1) is 5.10 Å². The van der Waals surface area contributed by atoms with E-state index in [0.29, 0.717) is 42.5 Å². The molecule has 2 aliphatic rings. The van der Waals surface area contributed by atoms with Gasteiger partial charge in [-0.2, -0.15) is 0 Å². The Morgan fingerprint density at radius 2 is 1.93 bits per heavy atom. The van der Waals surface area contributed by atoms with Crippen LogP contribution in [0.4, 0.5) is 5.95 Å². The summed E-state index contributed by atoms with van der Waals surface area (Å²) < 4.78 is 2.14. The van der Waals surface area contributed by atoms with E-state index in [1.807, 2.05) is 6.20 Å². The molecule has 6 nitrogen and oxygen atoms in total. The second kappa shape index (κ2) is 9.90. The van der Waals surface area contributed by atoms with E-state index in [-0.39, 0.29) is 0 Å². The number of fused-ring (bicyclic) bond motifs is 1. The van der Waals surface area contributed by atoms with Gasteiger partial charge in [-0.1, -0.05) is 26.2 Å². The van der Waals surface area contributed by atoms with Crippen molar-refractivity contribution in [2.75, 3.05) is 18.4 Å². The first-order valence-electron chi connectivity index (χ1n) is 12.0. The van der Waals surface area contributed by atoms with E-state index in [4.69, 9.17) is 5.10 Å². The molecule has 30 heavy (non-hydrogen) atoms. The van der Waals surface area contributed by atoms with Gasteiger partial charge in [0.1, 0.15) is 5.78 Å². The molecule has 1 aliphatic heterocycles. The highest BCUT2D eigenvalue weighted by atomic mass is 16.1. The van der Waals surface area contributed by atoms with Crippen LogP contribution >= 0.6 is 0 Å². The second-order valence-electron chi connectivity index (χ2n) is 9.28. The average Bonchev–Trinajstić information content (AvgIpc) is 3.14. The number of ketones is 1. The molecule has 3 heterocycles. The van der Waals surface area contributed by atoms with Gasteiger partial charge in [0.15, 0.2) is 0 Å². The average molecular weight is 412 g/mol. The van der Waals surface area contributed by atoms with Gasteiger partial charge in [0, 0.05) is 30.5 Å². The fourth-order valence-corrected chi connectivity index (χ4v) is 5.08. The van der Waals surface area contributed by atoms with Crippen LogP contribution in [-0.4, -0.2) is 39.5 Å². The molecule has 0 aromatic carbocycles. The minimum atomic E-state index is 0.365. The number of carbonyl (C=O) groups excluding carboxylic acids is 1. The van der Waals surface area contributed by atoms with Gasteiger partial charge in [-0.25, -0.2) is 9.50 Å². The minimum absolute atomic E-state index is 0.365. The summed E-state index contributed by atoms with van der Waals surface area (Å²) in [6, 6.07) is 2.75. The van der Waals surface area contributed by atoms with Crippen molar-refractivity contribution in [1.82, 2.24) is 19.9 Å². The van der Waals surface area contributed by atoms with Crippen LogP contribution in [0.3, 0.4) is 0 Å². The molecule has 0 amide bonds. The lowest BCUT2D eigenvalue weighted by atomic mass is 9.85. The maximum Gasteiger partial charge on any atom is 0.241 e. The molecule has 4 rings (SSSR count). The quantitative estimate of drug-likeness (QED) is 0.610. The van der Waals surface area contributed by atoms with Crippen LogP contribution in [0.15, 0.2) is 12.3 Å². The summed E-state index contributed by atoms with van der Waals surface area (Å²) >= 11 is 0. The largest absolute Gasteiger partial charge is 0.351 e. The molecule has 0 radical (unpaired) electrons. The van der Waals surface area contributed by atoms with E-state index in [9.17, 15) is 4.79 Å². The van der Waals surface area contributed by atoms with Crippen LogP contribution in [0.2, 0.25) is 0 Å². The summed E-state index contributed by atoms with van der Waals surface area (Å²) in [6.07, 6.45) is 12.5. The van der Waals surface area contributed by atoms with Crippen molar-refractivity contribution in [3.8, 4) is 0 Å². The van der Waals surface area contributed by atoms with Crippen molar-refractivity contribution in [2.24, 2.45) is 0 Å². The standard InChI is InChI=1S/C24H37N5O/c1-3-4-5-6-17(2)27-24-26-16-23-21(18-11-13-25-14-12-18)15-22(29(23)28-24)19-7-9-20(30)10-8-19/h15-19,25H,3-14H2,1-2H3,(H,27,28)/t17-/m0/s1. The Balaban J connectivity index is 1.62. The number of aromatic nitrogens is 3. The summed E-state index contributed by atoms with van der Waals surface area (Å²) in [5.74, 6) is 2.10. The van der Waals surface area contributed by atoms with Crippen molar-refractivity contribution >= 4 is 17.2 Å². The van der Waals surface area contributed by atoms with E-state index < -0.39 is 0 Å². The molecule has 2 aromatic rings. The number of carbonyl (C=O) groups is 1. The topological polar surface area (TPSA) is 71.3 Å². The Labute approximate surface area is 180 Å². The first kappa shape index (κ1) is 21.3. The predicted molar refractivity (Wildman–Crippen MR) is 121 cm³/mol. The molecule has 1 aliphatic carbocycles. The second-order valence-corrected chi connectivity index (χ2v) is 9.28. The van der Waals surface area contributed by atoms with Crippen LogP contribution in [0.1, 0.15) is 101 Å². The molecule has 6 heteroatoms. The lowest BCUT2D eigenvalue weighted by Crippen LogP contribution is -2.26. The molecular formula is C24H37N5O. The molecule has 2 aromatic heterocycles. The summed E-state index contributed by atoms with van der Waals surface area (Å²) in [4.78, 5) is 16.5. The summed E-state index contributed by atoms with van der Waals surface area (Å²) in [5, 5.41) is 11.9. The Kier molecular flexibility index (Phi) is 7.03. The van der Waals surface area contributed by atoms with Crippen molar-refractivity contribution in [3.63, 3.8) is 0 Å². The van der Waals surface area contributed by atoms with Crippen LogP contribution in [-0.2, 0) is 4.79 Å². The Morgan fingerprint density at radius 3 is 2.67 bits per heavy atom. The number of nitrogens with zero attached hydrogens (tertiary/aromatic N) is 3. The monoisotopic (exact) mass is 411 g/mol. The lowest BCUT2D eigenvalue weighted by Gasteiger charge is -2.22. The lowest BCUT2D eigenvalue weighted by molar-refractivity contribution is -0.120. The highest BCUT2D eigenvalue weighted by Crippen LogP contribution is 2.37. The van der Waals surface area contributed by atoms with Gasteiger partial charge in [-0.3, -0.25) is 4.79 Å². The van der Waals surface area contributed by atoms with Crippen molar-refractivity contribution in [3.05, 3.63) is 23.5 Å². The number of rotatable bonds is 8. The number of hydrogen-bond acceptors (Lipinski definition) is 5. The van der Waals surface area contributed by atoms with Gasteiger partial charge >= 0.3 is 0 Å². The Hall–Kier alpha value is -1.95. The number of piperidine rings is 1. The number of Topliss-reactive ketones (excluding diaryl/α,β-unsaturated/α-hetero) is 1. The summed E-state index contributed by atoms with van der Waals surface area (Å²) in [5.41, 5.74) is 3.82. The molecule has 2 fully saturated rings. The maximum atomic E-state index is 11.8. The normalized spacial score (nSPS) is 20.0. The fraction of sp³-hybridized carbons (Fsp3) is 0.708. The third-order valence-corrected chi connectivity index (χ3v) is 6.93. The van der Waals surface area contributed by atoms with E-state index in [2.05, 4.69) is 40.0 Å². The molecule has 2 N–H and O–H groups in total. The molecule has 1 saturated heterocycles. The Bertz CT molecular complexity index is 845. The third kappa shape index (κ3) is 4.85. The van der Waals surface area contributed by atoms with Gasteiger partial charge in [0.2, 0.25) is 5.95 Å². The van der Waals surface area contributed by atoms with Crippen LogP contribution in [0.25, 0.3) is 5.52 Å². The number of unbranched alkanes of at least 4 members (excludes halogenated alkanes) is 2. The smallest absolute Gasteiger partial charge is 0.241 e. The van der Waals surface area contributed by atoms with Gasteiger partial charge < -0.3 is 10.6 Å². The Morgan fingerprint density at radius 1 is 1.17 bits per heavy atom. The molecule has 1 atom stereocenters. The van der Waals surface area contributed by atoms with Crippen molar-refractivity contribution in [1.29, 1.82) is 0 Å². The van der Waals surface area contributed by atoms with E-state index >= 15 is 0 Å². The number of hydrogen-bond donors (Lipinski definition) is 2. The third-order valence-electron chi connectivity index (χ3n) is 6.93. The van der Waals surface area contributed by atoms with E-state index in [1.54, 1.807) is 0 Å². The predicted octanol–water partition coefficient (Wildman–Crippen LogP) is 4.80. The molecular weight excluding hydrogens is 374 g/mol. The van der Waals surface area contributed by atoms with Gasteiger partial charge in [0.05, 0.1) is 11.7 Å². The van der Waals surface area contributed by atoms with Gasteiger partial charge in [0.25, 0.3) is 0 Å². The van der Waals surface area contributed by atoms with Crippen molar-refractivity contribution < 1.29 is 4.79 Å². The maximum absolute atomic E-state index is 11.8. The molecule has 0 unspecified atom stereocenters. The zero-order chi connectivity index (χ0) is 20.9. The van der Waals surface area contributed by atoms with E-state index in [1.165, 1.54) is 30.5 Å². The highest BCUT2D eigenvalue weighted by Gasteiger charge is 2.27. The fourth-order valence-electron chi connectivity index (χ4n) is 5.08. The molecule has 164 valence electrons. The summed E-state index contributed by atoms with van der Waals surface area (Å²) in [7, 11) is 0. The number of nitrogens with one attached hydrogen (secondary N) is 2. The zero-order valence-corrected chi connectivity index (χ0v) is 18.6. The molecule has 0 spiro atoms. The van der Waals surface area contributed by atoms with Crippen LogP contribution < -0.4 is 10.6 Å². The van der Waals surface area contributed by atoms with Gasteiger partial charge in [-0.05, 0) is 69.7 Å². The molecule has 0 bridgehead atoms. The van der Waals surface area contributed by atoms with E-state index in [0.717, 1.165) is 50.7 Å².